The minimum absolute atomic E-state index is 0.119. The number of esters is 1. The van der Waals surface area contributed by atoms with Crippen molar-refractivity contribution in [1.29, 1.82) is 0 Å². The molecule has 142 valence electrons. The Morgan fingerprint density at radius 3 is 2.33 bits per heavy atom. The predicted molar refractivity (Wildman–Crippen MR) is 103 cm³/mol. The van der Waals surface area contributed by atoms with Crippen molar-refractivity contribution >= 4 is 46.5 Å². The molecule has 0 bridgehead atoms. The smallest absolute Gasteiger partial charge is 0.344 e. The van der Waals surface area contributed by atoms with E-state index in [0.29, 0.717) is 11.3 Å². The van der Waals surface area contributed by atoms with Gasteiger partial charge in [0, 0.05) is 5.56 Å². The summed E-state index contributed by atoms with van der Waals surface area (Å²) in [4.78, 5) is 35.4. The lowest BCUT2D eigenvalue weighted by Gasteiger charge is -2.15. The number of hydrogen-bond donors (Lipinski definition) is 1. The van der Waals surface area contributed by atoms with Gasteiger partial charge in [-0.2, -0.15) is 0 Å². The maximum atomic E-state index is 12.2. The van der Waals surface area contributed by atoms with Gasteiger partial charge in [-0.3, -0.25) is 9.59 Å². The minimum atomic E-state index is -1.09. The van der Waals surface area contributed by atoms with Gasteiger partial charge >= 0.3 is 5.97 Å². The van der Waals surface area contributed by atoms with Crippen LogP contribution in [0.1, 0.15) is 24.2 Å². The van der Waals surface area contributed by atoms with Crippen molar-refractivity contribution in [3.05, 3.63) is 58.1 Å². The van der Waals surface area contributed by atoms with Crippen LogP contribution < -0.4 is 10.1 Å². The van der Waals surface area contributed by atoms with Gasteiger partial charge in [0.2, 0.25) is 0 Å². The van der Waals surface area contributed by atoms with Gasteiger partial charge in [-0.15, -0.1) is 0 Å². The van der Waals surface area contributed by atoms with Crippen molar-refractivity contribution in [2.45, 2.75) is 20.0 Å². The third-order valence-electron chi connectivity index (χ3n) is 3.49. The van der Waals surface area contributed by atoms with E-state index < -0.39 is 24.6 Å². The highest BCUT2D eigenvalue weighted by atomic mass is 35.5. The van der Waals surface area contributed by atoms with Crippen molar-refractivity contribution < 1.29 is 23.9 Å². The Morgan fingerprint density at radius 2 is 1.70 bits per heavy atom. The number of carbonyl (C=O) groups excluding carboxylic acids is 3. The molecule has 8 heteroatoms. The molecule has 0 unspecified atom stereocenters. The quantitative estimate of drug-likeness (QED) is 0.548. The lowest BCUT2D eigenvalue weighted by molar-refractivity contribution is -0.155. The molecule has 0 spiro atoms. The minimum Gasteiger partial charge on any atom is -0.482 e. The number of hydrogen-bond acceptors (Lipinski definition) is 5. The van der Waals surface area contributed by atoms with Gasteiger partial charge in [-0.1, -0.05) is 41.4 Å². The molecule has 2 aromatic rings. The van der Waals surface area contributed by atoms with Crippen LogP contribution in [0.15, 0.2) is 42.5 Å². The van der Waals surface area contributed by atoms with Crippen LogP contribution in [0.2, 0.25) is 10.0 Å². The van der Waals surface area contributed by atoms with E-state index in [1.54, 1.807) is 36.4 Å². The van der Waals surface area contributed by atoms with Gasteiger partial charge in [0.15, 0.2) is 18.5 Å². The van der Waals surface area contributed by atoms with Crippen LogP contribution in [0.25, 0.3) is 0 Å². The summed E-state index contributed by atoms with van der Waals surface area (Å²) in [6.07, 6.45) is -1.09. The third-order valence-corrected chi connectivity index (χ3v) is 4.12. The standard InChI is InChI=1S/C19H17Cl2NO5/c1-11(23)13-5-3-6-14(9-13)26-10-17(24)27-12(2)19(25)22-18-15(20)7-4-8-16(18)21/h3-9,12H,10H2,1-2H3,(H,22,25)/t12-/m1/s1. The zero-order chi connectivity index (χ0) is 20.0. The molecule has 1 amide bonds. The highest BCUT2D eigenvalue weighted by Crippen LogP contribution is 2.29. The molecule has 0 radical (unpaired) electrons. The van der Waals surface area contributed by atoms with Crippen molar-refractivity contribution in [2.24, 2.45) is 0 Å². The molecule has 2 aromatic carbocycles. The molecule has 0 aliphatic rings. The van der Waals surface area contributed by atoms with Gasteiger partial charge in [-0.25, -0.2) is 4.79 Å². The molecule has 0 fully saturated rings. The number of amides is 1. The van der Waals surface area contributed by atoms with Crippen LogP contribution in [0, 0.1) is 0 Å². The lowest BCUT2D eigenvalue weighted by Crippen LogP contribution is -2.31. The van der Waals surface area contributed by atoms with Gasteiger partial charge in [0.1, 0.15) is 5.75 Å². The van der Waals surface area contributed by atoms with E-state index in [-0.39, 0.29) is 21.5 Å². The molecule has 27 heavy (non-hydrogen) atoms. The summed E-state index contributed by atoms with van der Waals surface area (Å²) < 4.78 is 10.3. The number of anilines is 1. The number of nitrogens with one attached hydrogen (secondary N) is 1. The molecule has 0 aliphatic carbocycles. The molecular weight excluding hydrogens is 393 g/mol. The number of benzene rings is 2. The first-order valence-electron chi connectivity index (χ1n) is 7.96. The van der Waals surface area contributed by atoms with E-state index in [2.05, 4.69) is 5.32 Å². The van der Waals surface area contributed by atoms with Crippen LogP contribution in [-0.4, -0.2) is 30.4 Å². The van der Waals surface area contributed by atoms with Crippen molar-refractivity contribution in [1.82, 2.24) is 0 Å². The van der Waals surface area contributed by atoms with Crippen LogP contribution in [-0.2, 0) is 14.3 Å². The molecule has 0 saturated carbocycles. The van der Waals surface area contributed by atoms with Crippen LogP contribution in [0.5, 0.6) is 5.75 Å². The number of ether oxygens (including phenoxy) is 2. The van der Waals surface area contributed by atoms with E-state index in [4.69, 9.17) is 32.7 Å². The topological polar surface area (TPSA) is 81.7 Å². The summed E-state index contributed by atoms with van der Waals surface area (Å²) in [5, 5.41) is 3.05. The SMILES string of the molecule is CC(=O)c1cccc(OCC(=O)O[C@H](C)C(=O)Nc2c(Cl)cccc2Cl)c1. The first-order chi connectivity index (χ1) is 12.8. The number of carbonyl (C=O) groups is 3. The lowest BCUT2D eigenvalue weighted by atomic mass is 10.1. The summed E-state index contributed by atoms with van der Waals surface area (Å²) in [7, 11) is 0. The van der Waals surface area contributed by atoms with Crippen LogP contribution in [0.4, 0.5) is 5.69 Å². The van der Waals surface area contributed by atoms with Gasteiger partial charge in [0.05, 0.1) is 15.7 Å². The van der Waals surface area contributed by atoms with E-state index in [1.807, 2.05) is 0 Å². The molecule has 0 aliphatic heterocycles. The van der Waals surface area contributed by atoms with Gasteiger partial charge in [0.25, 0.3) is 5.91 Å². The second-order valence-corrected chi connectivity index (χ2v) is 6.41. The zero-order valence-corrected chi connectivity index (χ0v) is 16.1. The Labute approximate surface area is 166 Å². The van der Waals surface area contributed by atoms with Crippen molar-refractivity contribution in [3.63, 3.8) is 0 Å². The maximum absolute atomic E-state index is 12.2. The molecule has 0 saturated heterocycles. The first-order valence-corrected chi connectivity index (χ1v) is 8.71. The normalized spacial score (nSPS) is 11.4. The molecule has 1 atom stereocenters. The number of Topliss-reactive ketones (excluding diaryl/α,β-unsaturated/α-hetero) is 1. The molecular formula is C19H17Cl2NO5. The Balaban J connectivity index is 1.88. The summed E-state index contributed by atoms with van der Waals surface area (Å²) in [5.74, 6) is -1.10. The number of halogens is 2. The largest absolute Gasteiger partial charge is 0.482 e. The second kappa shape index (κ2) is 9.39. The van der Waals surface area contributed by atoms with Crippen molar-refractivity contribution in [3.8, 4) is 5.75 Å². The predicted octanol–water partition coefficient (Wildman–Crippen LogP) is 4.15. The highest BCUT2D eigenvalue weighted by Gasteiger charge is 2.20. The molecule has 0 aromatic heterocycles. The summed E-state index contributed by atoms with van der Waals surface area (Å²) in [6.45, 7) is 2.43. The van der Waals surface area contributed by atoms with Crippen molar-refractivity contribution in [2.75, 3.05) is 11.9 Å². The molecule has 1 N–H and O–H groups in total. The van der Waals surface area contributed by atoms with Crippen LogP contribution >= 0.6 is 23.2 Å². The first kappa shape index (κ1) is 20.7. The monoisotopic (exact) mass is 409 g/mol. The third kappa shape index (κ3) is 5.98. The maximum Gasteiger partial charge on any atom is 0.344 e. The fourth-order valence-corrected chi connectivity index (χ4v) is 2.57. The average Bonchev–Trinajstić information content (AvgIpc) is 2.63. The Morgan fingerprint density at radius 1 is 1.07 bits per heavy atom. The van der Waals surface area contributed by atoms with E-state index >= 15 is 0 Å². The number of rotatable bonds is 7. The van der Waals surface area contributed by atoms with E-state index in [9.17, 15) is 14.4 Å². The fourth-order valence-electron chi connectivity index (χ4n) is 2.07. The fraction of sp³-hybridized carbons (Fsp3) is 0.211. The Kier molecular flexibility index (Phi) is 7.21. The van der Waals surface area contributed by atoms with E-state index in [1.165, 1.54) is 19.9 Å². The molecule has 0 heterocycles. The number of para-hydroxylation sites is 1. The van der Waals surface area contributed by atoms with Gasteiger partial charge < -0.3 is 14.8 Å². The molecule has 6 nitrogen and oxygen atoms in total. The van der Waals surface area contributed by atoms with E-state index in [0.717, 1.165) is 0 Å². The summed E-state index contributed by atoms with van der Waals surface area (Å²) >= 11 is 12.0. The van der Waals surface area contributed by atoms with Crippen LogP contribution in [0.3, 0.4) is 0 Å². The van der Waals surface area contributed by atoms with Gasteiger partial charge in [-0.05, 0) is 38.1 Å². The summed E-state index contributed by atoms with van der Waals surface area (Å²) in [5.41, 5.74) is 0.705. The average molecular weight is 410 g/mol. The second-order valence-electron chi connectivity index (χ2n) is 5.59. The highest BCUT2D eigenvalue weighted by molar-refractivity contribution is 6.39. The Bertz CT molecular complexity index is 849. The zero-order valence-electron chi connectivity index (χ0n) is 14.6. The Hall–Kier alpha value is -2.57. The molecule has 2 rings (SSSR count). The summed E-state index contributed by atoms with van der Waals surface area (Å²) in [6, 6.07) is 11.2. The number of ketones is 1.